The van der Waals surface area contributed by atoms with E-state index in [1.54, 1.807) is 0 Å². The Balaban J connectivity index is 2.78. The van der Waals surface area contributed by atoms with Gasteiger partial charge in [0, 0.05) is 0 Å². The molecular formula is C14H26O2. The standard InChI is InChI=1S/C14H26O2/c1-13(2,3)10-8-7-9-11(14(4,5)6)16-12(10)15/h10-11H,7-9H2,1-6H3. The average Bonchev–Trinajstić information content (AvgIpc) is 2.23. The van der Waals surface area contributed by atoms with Gasteiger partial charge in [-0.15, -0.1) is 0 Å². The van der Waals surface area contributed by atoms with Crippen molar-refractivity contribution in [3.63, 3.8) is 0 Å². The molecule has 1 fully saturated rings. The number of rotatable bonds is 0. The fourth-order valence-electron chi connectivity index (χ4n) is 2.30. The maximum absolute atomic E-state index is 12.1. The molecule has 1 aliphatic heterocycles. The van der Waals surface area contributed by atoms with E-state index >= 15 is 0 Å². The summed E-state index contributed by atoms with van der Waals surface area (Å²) in [7, 11) is 0. The summed E-state index contributed by atoms with van der Waals surface area (Å²) < 4.78 is 5.68. The molecular weight excluding hydrogens is 200 g/mol. The molecule has 0 aromatic carbocycles. The second-order valence-corrected chi connectivity index (χ2v) is 7.14. The molecule has 0 radical (unpaired) electrons. The molecule has 2 heteroatoms. The van der Waals surface area contributed by atoms with Gasteiger partial charge in [0.15, 0.2) is 0 Å². The summed E-state index contributed by atoms with van der Waals surface area (Å²) >= 11 is 0. The van der Waals surface area contributed by atoms with Gasteiger partial charge in [-0.2, -0.15) is 0 Å². The van der Waals surface area contributed by atoms with E-state index in [1.807, 2.05) is 0 Å². The van der Waals surface area contributed by atoms with Crippen LogP contribution in [-0.2, 0) is 9.53 Å². The molecule has 0 amide bonds. The van der Waals surface area contributed by atoms with Gasteiger partial charge in [-0.05, 0) is 30.1 Å². The highest BCUT2D eigenvalue weighted by atomic mass is 16.5. The molecule has 1 heterocycles. The Morgan fingerprint density at radius 2 is 1.56 bits per heavy atom. The third-order valence-corrected chi connectivity index (χ3v) is 3.51. The van der Waals surface area contributed by atoms with E-state index in [2.05, 4.69) is 41.5 Å². The summed E-state index contributed by atoms with van der Waals surface area (Å²) in [6, 6.07) is 0. The lowest BCUT2D eigenvalue weighted by Gasteiger charge is -2.31. The van der Waals surface area contributed by atoms with E-state index in [0.717, 1.165) is 19.3 Å². The fraction of sp³-hybridized carbons (Fsp3) is 0.929. The minimum absolute atomic E-state index is 0.00456. The molecule has 0 spiro atoms. The Labute approximate surface area is 99.8 Å². The first kappa shape index (κ1) is 13.5. The van der Waals surface area contributed by atoms with Crippen LogP contribution in [0.2, 0.25) is 0 Å². The van der Waals surface area contributed by atoms with Crippen molar-refractivity contribution in [2.24, 2.45) is 16.7 Å². The Bertz CT molecular complexity index is 255. The van der Waals surface area contributed by atoms with E-state index in [-0.39, 0.29) is 28.8 Å². The molecule has 0 aliphatic carbocycles. The van der Waals surface area contributed by atoms with Gasteiger partial charge in [-0.3, -0.25) is 4.79 Å². The minimum Gasteiger partial charge on any atom is -0.462 e. The smallest absolute Gasteiger partial charge is 0.309 e. The maximum Gasteiger partial charge on any atom is 0.309 e. The molecule has 16 heavy (non-hydrogen) atoms. The Kier molecular flexibility index (Phi) is 3.71. The maximum atomic E-state index is 12.1. The van der Waals surface area contributed by atoms with E-state index < -0.39 is 0 Å². The molecule has 0 saturated carbocycles. The lowest BCUT2D eigenvalue weighted by molar-refractivity contribution is -0.161. The van der Waals surface area contributed by atoms with E-state index in [9.17, 15) is 4.79 Å². The van der Waals surface area contributed by atoms with Crippen LogP contribution in [0, 0.1) is 16.7 Å². The van der Waals surface area contributed by atoms with Crippen molar-refractivity contribution in [1.29, 1.82) is 0 Å². The first-order chi connectivity index (χ1) is 7.12. The van der Waals surface area contributed by atoms with Gasteiger partial charge in [-0.25, -0.2) is 0 Å². The SMILES string of the molecule is CC(C)(C)C1CCCC(C(C)(C)C)C(=O)O1. The highest BCUT2D eigenvalue weighted by molar-refractivity contribution is 5.73. The van der Waals surface area contributed by atoms with Crippen molar-refractivity contribution in [1.82, 2.24) is 0 Å². The van der Waals surface area contributed by atoms with Crippen molar-refractivity contribution in [3.05, 3.63) is 0 Å². The topological polar surface area (TPSA) is 26.3 Å². The second kappa shape index (κ2) is 4.38. The zero-order chi connectivity index (χ0) is 12.6. The number of hydrogen-bond donors (Lipinski definition) is 0. The molecule has 1 saturated heterocycles. The van der Waals surface area contributed by atoms with Gasteiger partial charge in [-0.1, -0.05) is 41.5 Å². The predicted octanol–water partition coefficient (Wildman–Crippen LogP) is 3.79. The molecule has 0 aromatic rings. The first-order valence-electron chi connectivity index (χ1n) is 6.33. The van der Waals surface area contributed by atoms with Gasteiger partial charge in [0.05, 0.1) is 5.92 Å². The van der Waals surface area contributed by atoms with Crippen molar-refractivity contribution in [2.45, 2.75) is 66.9 Å². The van der Waals surface area contributed by atoms with Crippen LogP contribution in [0.3, 0.4) is 0 Å². The number of hydrogen-bond acceptors (Lipinski definition) is 2. The Morgan fingerprint density at radius 3 is 2.00 bits per heavy atom. The lowest BCUT2D eigenvalue weighted by Crippen LogP contribution is -2.34. The summed E-state index contributed by atoms with van der Waals surface area (Å²) in [5, 5.41) is 0. The zero-order valence-electron chi connectivity index (χ0n) is 11.6. The molecule has 1 aliphatic rings. The van der Waals surface area contributed by atoms with Gasteiger partial charge < -0.3 is 4.74 Å². The number of carbonyl (C=O) groups excluding carboxylic acids is 1. The second-order valence-electron chi connectivity index (χ2n) is 7.14. The van der Waals surface area contributed by atoms with Crippen LogP contribution in [-0.4, -0.2) is 12.1 Å². The molecule has 2 unspecified atom stereocenters. The number of esters is 1. The number of carbonyl (C=O) groups is 1. The van der Waals surface area contributed by atoms with Gasteiger partial charge in [0.2, 0.25) is 0 Å². The molecule has 0 N–H and O–H groups in total. The summed E-state index contributed by atoms with van der Waals surface area (Å²) in [4.78, 5) is 12.1. The normalized spacial score (nSPS) is 28.5. The number of cyclic esters (lactones) is 1. The largest absolute Gasteiger partial charge is 0.462 e. The summed E-state index contributed by atoms with van der Waals surface area (Å²) in [5.74, 6) is 0.0600. The van der Waals surface area contributed by atoms with Crippen molar-refractivity contribution < 1.29 is 9.53 Å². The monoisotopic (exact) mass is 226 g/mol. The highest BCUT2D eigenvalue weighted by Crippen LogP contribution is 2.37. The van der Waals surface area contributed by atoms with Crippen molar-refractivity contribution >= 4 is 5.97 Å². The van der Waals surface area contributed by atoms with Crippen LogP contribution in [0.5, 0.6) is 0 Å². The van der Waals surface area contributed by atoms with Crippen LogP contribution in [0.1, 0.15) is 60.8 Å². The third kappa shape index (κ3) is 3.23. The first-order valence-corrected chi connectivity index (χ1v) is 6.33. The predicted molar refractivity (Wildman–Crippen MR) is 66.1 cm³/mol. The summed E-state index contributed by atoms with van der Waals surface area (Å²) in [5.41, 5.74) is 0.0757. The fourth-order valence-corrected chi connectivity index (χ4v) is 2.30. The van der Waals surface area contributed by atoms with E-state index in [1.165, 1.54) is 0 Å². The van der Waals surface area contributed by atoms with Crippen LogP contribution < -0.4 is 0 Å². The number of ether oxygens (including phenoxy) is 1. The van der Waals surface area contributed by atoms with Crippen molar-refractivity contribution in [2.75, 3.05) is 0 Å². The quantitative estimate of drug-likeness (QED) is 0.587. The lowest BCUT2D eigenvalue weighted by atomic mass is 9.78. The van der Waals surface area contributed by atoms with Crippen LogP contribution in [0.15, 0.2) is 0 Å². The molecule has 1 rings (SSSR count). The summed E-state index contributed by atoms with van der Waals surface area (Å²) in [6.45, 7) is 12.8. The zero-order valence-corrected chi connectivity index (χ0v) is 11.6. The third-order valence-electron chi connectivity index (χ3n) is 3.51. The molecule has 0 aromatic heterocycles. The minimum atomic E-state index is 0.00456. The van der Waals surface area contributed by atoms with Gasteiger partial charge in [0.1, 0.15) is 6.10 Å². The van der Waals surface area contributed by atoms with Crippen molar-refractivity contribution in [3.8, 4) is 0 Å². The Morgan fingerprint density at radius 1 is 1.00 bits per heavy atom. The van der Waals surface area contributed by atoms with Gasteiger partial charge >= 0.3 is 5.97 Å². The molecule has 2 nitrogen and oxygen atoms in total. The highest BCUT2D eigenvalue weighted by Gasteiger charge is 2.38. The van der Waals surface area contributed by atoms with E-state index in [4.69, 9.17) is 4.74 Å². The Hall–Kier alpha value is -0.530. The van der Waals surface area contributed by atoms with Crippen LogP contribution in [0.4, 0.5) is 0 Å². The van der Waals surface area contributed by atoms with Gasteiger partial charge in [0.25, 0.3) is 0 Å². The molecule has 94 valence electrons. The summed E-state index contributed by atoms with van der Waals surface area (Å²) in [6.07, 6.45) is 3.14. The molecule has 0 bridgehead atoms. The van der Waals surface area contributed by atoms with E-state index in [0.29, 0.717) is 0 Å². The molecule has 2 atom stereocenters. The van der Waals surface area contributed by atoms with Crippen LogP contribution >= 0.6 is 0 Å². The van der Waals surface area contributed by atoms with Crippen LogP contribution in [0.25, 0.3) is 0 Å². The average molecular weight is 226 g/mol.